The van der Waals surface area contributed by atoms with Crippen LogP contribution in [0.1, 0.15) is 30.6 Å². The summed E-state index contributed by atoms with van der Waals surface area (Å²) in [5.74, 6) is -0.265. The van der Waals surface area contributed by atoms with Gasteiger partial charge in [0, 0.05) is 18.2 Å². The van der Waals surface area contributed by atoms with Crippen LogP contribution in [0.15, 0.2) is 24.5 Å². The number of nitrogens with zero attached hydrogens (tertiary/aromatic N) is 4. The molecule has 7 nitrogen and oxygen atoms in total. The summed E-state index contributed by atoms with van der Waals surface area (Å²) in [6.45, 7) is 4.47. The van der Waals surface area contributed by atoms with Crippen molar-refractivity contribution in [2.45, 2.75) is 20.3 Å². The molecule has 0 aliphatic carbocycles. The van der Waals surface area contributed by atoms with Crippen molar-refractivity contribution in [3.63, 3.8) is 0 Å². The minimum atomic E-state index is -0.265. The minimum absolute atomic E-state index is 0.0793. The van der Waals surface area contributed by atoms with E-state index < -0.39 is 0 Å². The lowest BCUT2D eigenvalue weighted by Crippen LogP contribution is -2.35. The number of carbonyl (C=O) groups excluding carboxylic acids is 1. The second-order valence-corrected chi connectivity index (χ2v) is 6.17. The Morgan fingerprint density at radius 3 is 2.86 bits per heavy atom. The SMILES string of the molecule is CC(C)(CCO)CNC(=O)c1cc(Cl)ccc1-n1cnnn1. The van der Waals surface area contributed by atoms with Gasteiger partial charge >= 0.3 is 0 Å². The summed E-state index contributed by atoms with van der Waals surface area (Å²) in [5, 5.41) is 23.3. The molecule has 0 atom stereocenters. The van der Waals surface area contributed by atoms with Gasteiger partial charge in [-0.3, -0.25) is 4.79 Å². The zero-order valence-electron chi connectivity index (χ0n) is 12.5. The molecule has 22 heavy (non-hydrogen) atoms. The molecule has 0 aliphatic rings. The molecule has 0 radical (unpaired) electrons. The average Bonchev–Trinajstić information content (AvgIpc) is 2.98. The van der Waals surface area contributed by atoms with E-state index in [4.69, 9.17) is 16.7 Å². The van der Waals surface area contributed by atoms with Crippen LogP contribution >= 0.6 is 11.6 Å². The number of benzene rings is 1. The van der Waals surface area contributed by atoms with Gasteiger partial charge in [-0.05, 0) is 40.5 Å². The molecule has 0 aliphatic heterocycles. The molecule has 0 spiro atoms. The molecule has 2 rings (SSSR count). The van der Waals surface area contributed by atoms with Gasteiger partial charge in [-0.25, -0.2) is 0 Å². The van der Waals surface area contributed by atoms with Crippen LogP contribution in [0.3, 0.4) is 0 Å². The molecular weight excluding hydrogens is 306 g/mol. The van der Waals surface area contributed by atoms with Crippen molar-refractivity contribution in [1.29, 1.82) is 0 Å². The Morgan fingerprint density at radius 2 is 2.23 bits per heavy atom. The Hall–Kier alpha value is -1.99. The summed E-state index contributed by atoms with van der Waals surface area (Å²) in [5.41, 5.74) is 0.740. The lowest BCUT2D eigenvalue weighted by Gasteiger charge is -2.24. The predicted molar refractivity (Wildman–Crippen MR) is 82.0 cm³/mol. The summed E-state index contributed by atoms with van der Waals surface area (Å²) in [4.78, 5) is 12.4. The first-order chi connectivity index (χ1) is 10.4. The second-order valence-electron chi connectivity index (χ2n) is 5.74. The summed E-state index contributed by atoms with van der Waals surface area (Å²) < 4.78 is 1.41. The normalized spacial score (nSPS) is 11.5. The number of hydrogen-bond acceptors (Lipinski definition) is 5. The maximum atomic E-state index is 12.4. The lowest BCUT2D eigenvalue weighted by atomic mass is 9.89. The highest BCUT2D eigenvalue weighted by Crippen LogP contribution is 2.21. The molecule has 118 valence electrons. The molecule has 0 bridgehead atoms. The molecule has 1 amide bonds. The van der Waals surface area contributed by atoms with Gasteiger partial charge in [-0.1, -0.05) is 25.4 Å². The number of halogens is 1. The van der Waals surface area contributed by atoms with Crippen molar-refractivity contribution in [1.82, 2.24) is 25.5 Å². The number of amides is 1. The number of aromatic nitrogens is 4. The largest absolute Gasteiger partial charge is 0.396 e. The van der Waals surface area contributed by atoms with Gasteiger partial charge in [0.05, 0.1) is 11.3 Å². The van der Waals surface area contributed by atoms with E-state index in [0.29, 0.717) is 29.2 Å². The molecular formula is C14H18ClN5O2. The van der Waals surface area contributed by atoms with E-state index in [2.05, 4.69) is 20.8 Å². The van der Waals surface area contributed by atoms with Crippen LogP contribution in [0.2, 0.25) is 5.02 Å². The molecule has 8 heteroatoms. The highest BCUT2D eigenvalue weighted by atomic mass is 35.5. The van der Waals surface area contributed by atoms with Gasteiger partial charge in [0.1, 0.15) is 6.33 Å². The average molecular weight is 324 g/mol. The third-order valence-electron chi connectivity index (χ3n) is 3.32. The number of tetrazole rings is 1. The molecule has 2 N–H and O–H groups in total. The summed E-state index contributed by atoms with van der Waals surface area (Å²) in [6, 6.07) is 4.93. The van der Waals surface area contributed by atoms with Gasteiger partial charge in [0.2, 0.25) is 0 Å². The van der Waals surface area contributed by atoms with Crippen LogP contribution in [0.5, 0.6) is 0 Å². The van der Waals surface area contributed by atoms with Gasteiger partial charge in [0.25, 0.3) is 5.91 Å². The van der Waals surface area contributed by atoms with Gasteiger partial charge in [-0.15, -0.1) is 5.10 Å². The maximum Gasteiger partial charge on any atom is 0.253 e. The number of hydrogen-bond donors (Lipinski definition) is 2. The number of rotatable bonds is 6. The van der Waals surface area contributed by atoms with E-state index in [1.807, 2.05) is 13.8 Å². The zero-order valence-corrected chi connectivity index (χ0v) is 13.2. The van der Waals surface area contributed by atoms with E-state index in [9.17, 15) is 4.79 Å². The topological polar surface area (TPSA) is 92.9 Å². The Kier molecular flexibility index (Phi) is 5.10. The van der Waals surface area contributed by atoms with Crippen LogP contribution in [-0.2, 0) is 0 Å². The van der Waals surface area contributed by atoms with Crippen molar-refractivity contribution in [3.8, 4) is 5.69 Å². The predicted octanol–water partition coefficient (Wildman–Crippen LogP) is 1.45. The van der Waals surface area contributed by atoms with E-state index in [1.54, 1.807) is 18.2 Å². The van der Waals surface area contributed by atoms with E-state index in [-0.39, 0.29) is 17.9 Å². The Bertz CT molecular complexity index is 643. The van der Waals surface area contributed by atoms with Gasteiger partial charge in [-0.2, -0.15) is 4.68 Å². The monoisotopic (exact) mass is 323 g/mol. The first-order valence-electron chi connectivity index (χ1n) is 6.85. The van der Waals surface area contributed by atoms with Crippen LogP contribution < -0.4 is 5.32 Å². The van der Waals surface area contributed by atoms with Crippen molar-refractivity contribution in [3.05, 3.63) is 35.1 Å². The van der Waals surface area contributed by atoms with Crippen molar-refractivity contribution < 1.29 is 9.90 Å². The van der Waals surface area contributed by atoms with E-state index >= 15 is 0 Å². The second kappa shape index (κ2) is 6.85. The summed E-state index contributed by atoms with van der Waals surface area (Å²) >= 11 is 5.99. The van der Waals surface area contributed by atoms with E-state index in [0.717, 1.165) is 0 Å². The minimum Gasteiger partial charge on any atom is -0.396 e. The fourth-order valence-corrected chi connectivity index (χ4v) is 2.14. The highest BCUT2D eigenvalue weighted by molar-refractivity contribution is 6.31. The molecule has 0 saturated carbocycles. The molecule has 0 fully saturated rings. The highest BCUT2D eigenvalue weighted by Gasteiger charge is 2.20. The molecule has 0 saturated heterocycles. The Morgan fingerprint density at radius 1 is 1.45 bits per heavy atom. The molecule has 0 unspecified atom stereocenters. The third kappa shape index (κ3) is 4.02. The van der Waals surface area contributed by atoms with Crippen LogP contribution in [0.25, 0.3) is 5.69 Å². The van der Waals surface area contributed by atoms with Gasteiger partial charge < -0.3 is 10.4 Å². The molecule has 1 aromatic carbocycles. The van der Waals surface area contributed by atoms with Crippen molar-refractivity contribution in [2.75, 3.05) is 13.2 Å². The van der Waals surface area contributed by atoms with Gasteiger partial charge in [0.15, 0.2) is 0 Å². The first-order valence-corrected chi connectivity index (χ1v) is 7.23. The number of aliphatic hydroxyl groups excluding tert-OH is 1. The lowest BCUT2D eigenvalue weighted by molar-refractivity contribution is 0.0928. The molecule has 1 heterocycles. The summed E-state index contributed by atoms with van der Waals surface area (Å²) in [6.07, 6.45) is 2.01. The van der Waals surface area contributed by atoms with E-state index in [1.165, 1.54) is 11.0 Å². The maximum absolute atomic E-state index is 12.4. The standard InChI is InChI=1S/C14H18ClN5O2/c1-14(2,5-6-21)8-16-13(22)11-7-10(15)3-4-12(11)20-9-17-18-19-20/h3-4,7,9,21H,5-6,8H2,1-2H3,(H,16,22). The van der Waals surface area contributed by atoms with Crippen molar-refractivity contribution in [2.24, 2.45) is 5.41 Å². The third-order valence-corrected chi connectivity index (χ3v) is 3.55. The zero-order chi connectivity index (χ0) is 16.2. The fraction of sp³-hybridized carbons (Fsp3) is 0.429. The molecule has 2 aromatic rings. The number of aliphatic hydroxyl groups is 1. The smallest absolute Gasteiger partial charge is 0.253 e. The number of nitrogens with one attached hydrogen (secondary N) is 1. The summed E-state index contributed by atoms with van der Waals surface area (Å²) in [7, 11) is 0. The van der Waals surface area contributed by atoms with Crippen LogP contribution in [0.4, 0.5) is 0 Å². The van der Waals surface area contributed by atoms with Crippen molar-refractivity contribution >= 4 is 17.5 Å². The van der Waals surface area contributed by atoms with Crippen LogP contribution in [0, 0.1) is 5.41 Å². The van der Waals surface area contributed by atoms with Crippen LogP contribution in [-0.4, -0.2) is 44.4 Å². The number of carbonyl (C=O) groups is 1. The first kappa shape index (κ1) is 16.4. The Labute approximate surface area is 133 Å². The quantitative estimate of drug-likeness (QED) is 0.839. The fourth-order valence-electron chi connectivity index (χ4n) is 1.97. The Balaban J connectivity index is 2.21. The molecule has 1 aromatic heterocycles.